The van der Waals surface area contributed by atoms with Crippen LogP contribution in [0.3, 0.4) is 0 Å². The average molecular weight is 506 g/mol. The molecule has 1 aliphatic carbocycles. The summed E-state index contributed by atoms with van der Waals surface area (Å²) in [6, 6.07) is 19.7. The van der Waals surface area contributed by atoms with Gasteiger partial charge in [0.2, 0.25) is 17.8 Å². The van der Waals surface area contributed by atoms with Crippen LogP contribution in [0.2, 0.25) is 0 Å². The molecule has 4 N–H and O–H groups in total. The van der Waals surface area contributed by atoms with Gasteiger partial charge in [-0.3, -0.25) is 4.79 Å². The zero-order valence-electron chi connectivity index (χ0n) is 21.0. The molecule has 0 radical (unpaired) electrons. The molecular weight excluding hydrogens is 470 g/mol. The Bertz CT molecular complexity index is 1080. The van der Waals surface area contributed by atoms with Gasteiger partial charge in [-0.1, -0.05) is 48.5 Å². The van der Waals surface area contributed by atoms with Crippen molar-refractivity contribution in [3.63, 3.8) is 0 Å². The first kappa shape index (κ1) is 26.3. The maximum absolute atomic E-state index is 12.0. The second kappa shape index (κ2) is 14.7. The van der Waals surface area contributed by atoms with E-state index in [-0.39, 0.29) is 5.91 Å². The van der Waals surface area contributed by atoms with Crippen LogP contribution in [0.4, 0.5) is 17.8 Å². The van der Waals surface area contributed by atoms with Crippen LogP contribution in [0.5, 0.6) is 0 Å². The Balaban J connectivity index is 1.12. The van der Waals surface area contributed by atoms with Crippen LogP contribution < -0.4 is 21.3 Å². The Labute approximate surface area is 217 Å². The molecule has 0 unspecified atom stereocenters. The number of anilines is 3. The van der Waals surface area contributed by atoms with Crippen molar-refractivity contribution in [1.29, 1.82) is 0 Å². The van der Waals surface area contributed by atoms with Crippen molar-refractivity contribution in [2.24, 2.45) is 0 Å². The summed E-state index contributed by atoms with van der Waals surface area (Å²) < 4.78 is 11.2. The van der Waals surface area contributed by atoms with E-state index in [0.717, 1.165) is 18.4 Å². The Kier molecular flexibility index (Phi) is 10.5. The second-order valence-electron chi connectivity index (χ2n) is 8.69. The highest BCUT2D eigenvalue weighted by Gasteiger charge is 2.19. The summed E-state index contributed by atoms with van der Waals surface area (Å²) in [5, 5.41) is 12.7. The topological polar surface area (TPSA) is 122 Å². The van der Waals surface area contributed by atoms with Gasteiger partial charge >= 0.3 is 0 Å². The molecule has 1 amide bonds. The number of carbonyl (C=O) groups is 1. The third-order valence-electron chi connectivity index (χ3n) is 5.84. The first-order valence-electron chi connectivity index (χ1n) is 12.8. The molecule has 0 spiro atoms. The van der Waals surface area contributed by atoms with Crippen molar-refractivity contribution in [3.05, 3.63) is 71.8 Å². The lowest BCUT2D eigenvalue weighted by Crippen LogP contribution is -2.28. The number of hydrogen-bond donors (Lipinski definition) is 4. The summed E-state index contributed by atoms with van der Waals surface area (Å²) >= 11 is 0. The number of carbonyl (C=O) groups excluding carboxylic acids is 1. The lowest BCUT2D eigenvalue weighted by Gasteiger charge is -2.26. The zero-order valence-corrected chi connectivity index (χ0v) is 21.0. The molecule has 1 heterocycles. The number of amides is 1. The van der Waals surface area contributed by atoms with E-state index in [1.165, 1.54) is 6.42 Å². The molecular formula is C27H35N7O3. The summed E-state index contributed by atoms with van der Waals surface area (Å²) in [6.07, 6.45) is 3.50. The van der Waals surface area contributed by atoms with Crippen LogP contribution in [0.25, 0.3) is 0 Å². The molecule has 10 nitrogen and oxygen atoms in total. The maximum atomic E-state index is 12.0. The van der Waals surface area contributed by atoms with Crippen LogP contribution in [-0.4, -0.2) is 66.4 Å². The van der Waals surface area contributed by atoms with Gasteiger partial charge in [0.25, 0.3) is 5.91 Å². The molecule has 4 rings (SSSR count). The van der Waals surface area contributed by atoms with Gasteiger partial charge in [-0.05, 0) is 37.0 Å². The summed E-state index contributed by atoms with van der Waals surface area (Å²) in [5.41, 5.74) is 1.79. The first-order valence-corrected chi connectivity index (χ1v) is 12.8. The fraction of sp³-hybridized carbons (Fsp3) is 0.407. The van der Waals surface area contributed by atoms with E-state index in [0.29, 0.717) is 75.5 Å². The molecule has 0 saturated heterocycles. The minimum atomic E-state index is -0.102. The molecule has 10 heteroatoms. The minimum Gasteiger partial charge on any atom is -0.377 e. The fourth-order valence-electron chi connectivity index (χ4n) is 3.60. The number of benzene rings is 2. The number of aromatic nitrogens is 3. The van der Waals surface area contributed by atoms with E-state index in [4.69, 9.17) is 9.47 Å². The highest BCUT2D eigenvalue weighted by Crippen LogP contribution is 2.22. The predicted molar refractivity (Wildman–Crippen MR) is 144 cm³/mol. The standard InChI is InChI=1S/C27H35N7O3/c35-24(22-10-5-2-6-11-22)28-14-16-36-18-19-37-17-15-29-25-32-26(30-20-21-8-3-1-4-9-21)34-27(33-25)31-23-12-7-13-23/h1-6,8-11,23H,7,12-20H2,(H,28,35)(H3,29,30,31,32,33,34). The molecule has 0 atom stereocenters. The third-order valence-corrected chi connectivity index (χ3v) is 5.84. The molecule has 196 valence electrons. The van der Waals surface area contributed by atoms with Crippen molar-refractivity contribution in [2.45, 2.75) is 31.8 Å². The summed E-state index contributed by atoms with van der Waals surface area (Å²) in [7, 11) is 0. The van der Waals surface area contributed by atoms with Crippen molar-refractivity contribution in [1.82, 2.24) is 20.3 Å². The van der Waals surface area contributed by atoms with E-state index < -0.39 is 0 Å². The van der Waals surface area contributed by atoms with Crippen LogP contribution in [0.1, 0.15) is 35.2 Å². The van der Waals surface area contributed by atoms with Gasteiger partial charge < -0.3 is 30.7 Å². The van der Waals surface area contributed by atoms with E-state index in [1.54, 1.807) is 12.1 Å². The summed E-state index contributed by atoms with van der Waals surface area (Å²) in [4.78, 5) is 25.5. The maximum Gasteiger partial charge on any atom is 0.251 e. The largest absolute Gasteiger partial charge is 0.377 e. The summed E-state index contributed by atoms with van der Waals surface area (Å²) in [6.45, 7) is 3.47. The van der Waals surface area contributed by atoms with E-state index >= 15 is 0 Å². The smallest absolute Gasteiger partial charge is 0.251 e. The highest BCUT2D eigenvalue weighted by molar-refractivity contribution is 5.94. The van der Waals surface area contributed by atoms with Gasteiger partial charge in [-0.25, -0.2) is 0 Å². The number of nitrogens with one attached hydrogen (secondary N) is 4. The van der Waals surface area contributed by atoms with Crippen molar-refractivity contribution in [2.75, 3.05) is 55.5 Å². The van der Waals surface area contributed by atoms with E-state index in [9.17, 15) is 4.79 Å². The quantitative estimate of drug-likeness (QED) is 0.217. The van der Waals surface area contributed by atoms with Gasteiger partial charge in [0.05, 0.1) is 26.4 Å². The number of hydrogen-bond acceptors (Lipinski definition) is 9. The van der Waals surface area contributed by atoms with Gasteiger partial charge in [0.15, 0.2) is 0 Å². The van der Waals surface area contributed by atoms with Gasteiger partial charge in [0.1, 0.15) is 0 Å². The Morgan fingerprint density at radius 2 is 1.38 bits per heavy atom. The van der Waals surface area contributed by atoms with Gasteiger partial charge in [-0.2, -0.15) is 15.0 Å². The van der Waals surface area contributed by atoms with Gasteiger partial charge in [-0.15, -0.1) is 0 Å². The summed E-state index contributed by atoms with van der Waals surface area (Å²) in [5.74, 6) is 1.50. The van der Waals surface area contributed by atoms with Crippen molar-refractivity contribution in [3.8, 4) is 0 Å². The van der Waals surface area contributed by atoms with Gasteiger partial charge in [0, 0.05) is 31.2 Å². The number of ether oxygens (including phenoxy) is 2. The molecule has 0 bridgehead atoms. The molecule has 37 heavy (non-hydrogen) atoms. The van der Waals surface area contributed by atoms with Crippen LogP contribution in [-0.2, 0) is 16.0 Å². The Morgan fingerprint density at radius 1 is 0.757 bits per heavy atom. The SMILES string of the molecule is O=C(NCCOCCOCCNc1nc(NCc2ccccc2)nc(NC2CCC2)n1)c1ccccc1. The second-order valence-corrected chi connectivity index (χ2v) is 8.69. The molecule has 1 saturated carbocycles. The van der Waals surface area contributed by atoms with Crippen molar-refractivity contribution >= 4 is 23.8 Å². The number of nitrogens with zero attached hydrogens (tertiary/aromatic N) is 3. The van der Waals surface area contributed by atoms with Crippen LogP contribution in [0.15, 0.2) is 60.7 Å². The van der Waals surface area contributed by atoms with E-state index in [2.05, 4.69) is 48.4 Å². The number of rotatable bonds is 16. The van der Waals surface area contributed by atoms with Crippen LogP contribution >= 0.6 is 0 Å². The zero-order chi connectivity index (χ0) is 25.5. The third kappa shape index (κ3) is 9.32. The van der Waals surface area contributed by atoms with E-state index in [1.807, 2.05) is 36.4 Å². The first-order chi connectivity index (χ1) is 18.3. The normalized spacial score (nSPS) is 13.0. The Hall–Kier alpha value is -3.76. The lowest BCUT2D eigenvalue weighted by atomic mass is 9.93. The molecule has 3 aromatic rings. The minimum absolute atomic E-state index is 0.102. The average Bonchev–Trinajstić information content (AvgIpc) is 2.91. The molecule has 1 aliphatic rings. The van der Waals surface area contributed by atoms with Crippen molar-refractivity contribution < 1.29 is 14.3 Å². The molecule has 2 aromatic carbocycles. The Morgan fingerprint density at radius 3 is 2.05 bits per heavy atom. The lowest BCUT2D eigenvalue weighted by molar-refractivity contribution is 0.0519. The monoisotopic (exact) mass is 505 g/mol. The predicted octanol–water partition coefficient (Wildman–Crippen LogP) is 3.32. The highest BCUT2D eigenvalue weighted by atomic mass is 16.5. The van der Waals surface area contributed by atoms with Crippen LogP contribution in [0, 0.1) is 0 Å². The molecule has 1 aromatic heterocycles. The molecule has 1 fully saturated rings. The molecule has 0 aliphatic heterocycles. The fourth-order valence-corrected chi connectivity index (χ4v) is 3.60.